The van der Waals surface area contributed by atoms with Crippen LogP contribution in [0.4, 0.5) is 57.1 Å². The van der Waals surface area contributed by atoms with Crippen LogP contribution in [0.3, 0.4) is 0 Å². The number of alkyl halides is 13. The summed E-state index contributed by atoms with van der Waals surface area (Å²) in [6.07, 6.45) is -23.4. The minimum atomic E-state index is -7.39. The van der Waals surface area contributed by atoms with Crippen molar-refractivity contribution < 1.29 is 87.1 Å². The summed E-state index contributed by atoms with van der Waals surface area (Å²) < 4.78 is 164. The van der Waals surface area contributed by atoms with Crippen molar-refractivity contribution in [2.24, 2.45) is 0 Å². The fourth-order valence-electron chi connectivity index (χ4n) is 1.26. The maximum absolute atomic E-state index is 13.0. The Morgan fingerprint density at radius 2 is 0.917 bits per heavy atom. The maximum Gasteiger partial charge on any atom is 0.399 e. The average molecular weight is 566 g/mol. The molecule has 4 unspecified atom stereocenters. The van der Waals surface area contributed by atoms with Crippen molar-refractivity contribution in [2.45, 2.75) is 68.8 Å². The smallest absolute Gasteiger partial charge is 0.399 e. The molecule has 0 aromatic carbocycles. The number of carboxylic acids is 2. The number of hydrogen-bond acceptors (Lipinski definition) is 4. The highest BCUT2D eigenvalue weighted by Gasteiger charge is 2.82. The zero-order valence-corrected chi connectivity index (χ0v) is 17.8. The lowest BCUT2D eigenvalue weighted by Crippen LogP contribution is -2.67. The molecule has 4 atom stereocenters. The van der Waals surface area contributed by atoms with E-state index >= 15 is 0 Å². The van der Waals surface area contributed by atoms with Gasteiger partial charge in [-0.2, -0.15) is 30.7 Å². The summed E-state index contributed by atoms with van der Waals surface area (Å²) in [4.78, 5) is 19.2. The molecule has 0 heterocycles. The van der Waals surface area contributed by atoms with Gasteiger partial charge in [0.2, 0.25) is 6.17 Å². The lowest BCUT2D eigenvalue weighted by atomic mass is 9.94. The van der Waals surface area contributed by atoms with Crippen LogP contribution in [-0.2, 0) is 9.59 Å². The highest BCUT2D eigenvalue weighted by molar-refractivity contribution is 5.85. The summed E-state index contributed by atoms with van der Waals surface area (Å²) in [5.74, 6) is -23.5. The van der Waals surface area contributed by atoms with Crippen molar-refractivity contribution in [3.63, 3.8) is 0 Å². The van der Waals surface area contributed by atoms with Gasteiger partial charge in [-0.25, -0.2) is 35.9 Å². The quantitative estimate of drug-likeness (QED) is 0.177. The molecule has 4 N–H and O–H groups in total. The minimum absolute atomic E-state index is 0.176. The summed E-state index contributed by atoms with van der Waals surface area (Å²) in [6.45, 7) is 9.20. The number of carbonyl (C=O) groups is 2. The molecular formula is C17H19F13O6. The zero-order chi connectivity index (χ0) is 30.2. The van der Waals surface area contributed by atoms with Crippen LogP contribution in [0, 0.1) is 0 Å². The van der Waals surface area contributed by atoms with Crippen LogP contribution in [0.2, 0.25) is 0 Å². The van der Waals surface area contributed by atoms with Crippen molar-refractivity contribution >= 4 is 11.9 Å². The SMILES string of the molecule is C=C(C)C(=O)O.C=C(C)C(=O)O.OC(O)(F)C(F)(F)C(F)(F)C(F)(F)C(F)C(F)C(F)C(F)C(F)F. The lowest BCUT2D eigenvalue weighted by molar-refractivity contribution is -0.445. The second-order valence-corrected chi connectivity index (χ2v) is 6.60. The predicted molar refractivity (Wildman–Crippen MR) is 93.6 cm³/mol. The van der Waals surface area contributed by atoms with E-state index in [1.54, 1.807) is 0 Å². The minimum Gasteiger partial charge on any atom is -0.478 e. The summed E-state index contributed by atoms with van der Waals surface area (Å²) >= 11 is 0. The molecule has 0 rings (SSSR count). The Balaban J connectivity index is -0.000000742. The number of carboxylic acid groups (broad SMARTS) is 2. The molecule has 0 bridgehead atoms. The Bertz CT molecular complexity index is 719. The number of hydrogen-bond donors (Lipinski definition) is 4. The van der Waals surface area contributed by atoms with Crippen LogP contribution in [0.1, 0.15) is 13.8 Å². The van der Waals surface area contributed by atoms with E-state index in [2.05, 4.69) is 13.2 Å². The van der Waals surface area contributed by atoms with Crippen LogP contribution < -0.4 is 0 Å². The van der Waals surface area contributed by atoms with Crippen molar-refractivity contribution in [1.82, 2.24) is 0 Å². The van der Waals surface area contributed by atoms with Crippen molar-refractivity contribution in [3.05, 3.63) is 24.3 Å². The van der Waals surface area contributed by atoms with Crippen molar-refractivity contribution in [3.8, 4) is 0 Å². The second kappa shape index (κ2) is 13.7. The van der Waals surface area contributed by atoms with Gasteiger partial charge in [-0.05, 0) is 13.8 Å². The highest BCUT2D eigenvalue weighted by atomic mass is 19.4. The Morgan fingerprint density at radius 1 is 0.639 bits per heavy atom. The van der Waals surface area contributed by atoms with Gasteiger partial charge >= 0.3 is 35.7 Å². The molecule has 6 nitrogen and oxygen atoms in total. The third kappa shape index (κ3) is 9.82. The Labute approximate surface area is 193 Å². The monoisotopic (exact) mass is 566 g/mol. The van der Waals surface area contributed by atoms with Crippen LogP contribution in [-0.4, -0.2) is 87.3 Å². The van der Waals surface area contributed by atoms with Crippen LogP contribution in [0.5, 0.6) is 0 Å². The molecule has 0 amide bonds. The predicted octanol–water partition coefficient (Wildman–Crippen LogP) is 4.41. The largest absolute Gasteiger partial charge is 0.478 e. The summed E-state index contributed by atoms with van der Waals surface area (Å²) in [6, 6.07) is -6.35. The normalized spacial score (nSPS) is 15.8. The first-order valence-corrected chi connectivity index (χ1v) is 8.51. The van der Waals surface area contributed by atoms with E-state index < -0.39 is 66.9 Å². The molecule has 36 heavy (non-hydrogen) atoms. The standard InChI is InChI=1S/C9H7F13O2.2C4H6O2/c10-1(3(12)5(14)15)2(11)4(13)6(16,17)7(18,19)8(20,21)9(22,23)24;2*1-3(2)4(5)6/h1-5,23-24H;2*1H2,2H3,(H,5,6). The number of rotatable bonds is 10. The van der Waals surface area contributed by atoms with Gasteiger partial charge in [0, 0.05) is 11.1 Å². The van der Waals surface area contributed by atoms with Gasteiger partial charge in [-0.3, -0.25) is 0 Å². The van der Waals surface area contributed by atoms with Gasteiger partial charge in [0.05, 0.1) is 0 Å². The molecule has 0 aromatic rings. The first-order valence-electron chi connectivity index (χ1n) is 8.51. The fraction of sp³-hybridized carbons (Fsp3) is 0.647. The van der Waals surface area contributed by atoms with Crippen molar-refractivity contribution in [1.29, 1.82) is 0 Å². The number of halogens is 13. The first kappa shape index (κ1) is 38.0. The fourth-order valence-corrected chi connectivity index (χ4v) is 1.26. The molecule has 0 aliphatic carbocycles. The molecule has 0 aliphatic heterocycles. The second-order valence-electron chi connectivity index (χ2n) is 6.60. The Hall–Kier alpha value is -2.57. The molecule has 0 radical (unpaired) electrons. The first-order chi connectivity index (χ1) is 15.6. The molecule has 19 heteroatoms. The molecule has 0 saturated carbocycles. The van der Waals surface area contributed by atoms with Gasteiger partial charge in [-0.1, -0.05) is 13.2 Å². The third-order valence-corrected chi connectivity index (χ3v) is 3.42. The van der Waals surface area contributed by atoms with Crippen LogP contribution in [0.25, 0.3) is 0 Å². The topological polar surface area (TPSA) is 115 Å². The van der Waals surface area contributed by atoms with Crippen LogP contribution >= 0.6 is 0 Å². The van der Waals surface area contributed by atoms with E-state index in [9.17, 15) is 66.7 Å². The number of aliphatic hydroxyl groups is 2. The number of aliphatic carboxylic acids is 2. The van der Waals surface area contributed by atoms with E-state index in [0.717, 1.165) is 0 Å². The molecule has 0 fully saturated rings. The Kier molecular flexibility index (Phi) is 14.4. The van der Waals surface area contributed by atoms with Gasteiger partial charge < -0.3 is 20.4 Å². The highest BCUT2D eigenvalue weighted by Crippen LogP contribution is 2.53. The summed E-state index contributed by atoms with van der Waals surface area (Å²) in [5, 5.41) is 31.2. The van der Waals surface area contributed by atoms with E-state index in [1.807, 2.05) is 0 Å². The molecular weight excluding hydrogens is 547 g/mol. The average Bonchev–Trinajstić information content (AvgIpc) is 2.70. The van der Waals surface area contributed by atoms with E-state index in [4.69, 9.17) is 20.4 Å². The zero-order valence-electron chi connectivity index (χ0n) is 17.8. The van der Waals surface area contributed by atoms with Crippen LogP contribution in [0.15, 0.2) is 24.3 Å². The summed E-state index contributed by atoms with van der Waals surface area (Å²) in [5.41, 5.74) is 0.352. The molecule has 0 aliphatic rings. The van der Waals surface area contributed by atoms with E-state index in [0.29, 0.717) is 0 Å². The van der Waals surface area contributed by atoms with Gasteiger partial charge in [0.15, 0.2) is 18.5 Å². The Morgan fingerprint density at radius 3 is 1.11 bits per heavy atom. The van der Waals surface area contributed by atoms with E-state index in [1.165, 1.54) is 13.8 Å². The lowest BCUT2D eigenvalue weighted by Gasteiger charge is -2.37. The maximum atomic E-state index is 13.0. The van der Waals surface area contributed by atoms with E-state index in [-0.39, 0.29) is 11.1 Å². The molecule has 214 valence electrons. The van der Waals surface area contributed by atoms with Gasteiger partial charge in [0.1, 0.15) is 0 Å². The van der Waals surface area contributed by atoms with Crippen molar-refractivity contribution in [2.75, 3.05) is 0 Å². The van der Waals surface area contributed by atoms with Gasteiger partial charge in [0.25, 0.3) is 6.43 Å². The van der Waals surface area contributed by atoms with Gasteiger partial charge in [-0.15, -0.1) is 0 Å². The summed E-state index contributed by atoms with van der Waals surface area (Å²) in [7, 11) is 0. The molecule has 0 aromatic heterocycles. The third-order valence-electron chi connectivity index (χ3n) is 3.42. The molecule has 0 spiro atoms. The molecule has 0 saturated heterocycles.